The van der Waals surface area contributed by atoms with Crippen molar-refractivity contribution >= 4 is 64.4 Å². The van der Waals surface area contributed by atoms with E-state index in [1.54, 1.807) is 34.6 Å². The SMILES string of the molecule is C/C=C/C[C@@H](C)[C@@H](O)[C@@H]1CC(=O)[C@H](C(C)C)N(C)C(=O)[C@H](CC(C)C)CC(=O)[C@H](CC(C)C)N(C)C(=O)[C@@H](C)NC(=O)[C@H](C)CC(=O)[C@H](CC(C)C)N(C)C(=O)[C@H](C(C)C)CC(=O)[C@H](CC(C)C)N(C)C(=O)CCC(=O)[C@H](CC)NC1=O. The number of hydrogen-bond donors (Lipinski definition) is 3. The van der Waals surface area contributed by atoms with Crippen LogP contribution in [0, 0.1) is 65.1 Å². The molecule has 18 nitrogen and oxygen atoms in total. The first-order valence-electron chi connectivity index (χ1n) is 30.5. The summed E-state index contributed by atoms with van der Waals surface area (Å²) in [5.41, 5.74) is 0. The molecular weight excluding hydrogens is 1040 g/mol. The molecule has 468 valence electrons. The number of nitrogens with zero attached hydrogens (tertiary/aromatic N) is 4. The highest BCUT2D eigenvalue weighted by atomic mass is 16.3. The summed E-state index contributed by atoms with van der Waals surface area (Å²) in [7, 11) is 5.99. The standard InChI is InChI=1S/C64H110N6O12/c1-22-24-25-42(15)59(77)47-35-56(75)58(41(13)14)70(21)63(81)45(28-36(3)4)33-54(73)51(31-39(9)10)68(19)62(80)44(17)65-60(78)43(16)32-53(72)50(30-38(7)8)69(20)64(82)46(40(11)12)34-55(74)49(29-37(5)6)67(18)57(76)27-26-52(71)48(23-2)66-61(47)79/h22,24,36-51,58-59,77H,23,25-35H2,1-21H3,(H,65,78)(H,66,79)/b24-22+/t42-,43-,44-,45-,46+,47+,48+,49+,50+,51+,58+,59-/m1/s1. The minimum atomic E-state index is -1.36. The van der Waals surface area contributed by atoms with Crippen molar-refractivity contribution in [1.29, 1.82) is 0 Å². The maximum absolute atomic E-state index is 14.8. The summed E-state index contributed by atoms with van der Waals surface area (Å²) in [6, 6.07) is -6.25. The van der Waals surface area contributed by atoms with E-state index < -0.39 is 131 Å². The van der Waals surface area contributed by atoms with Crippen LogP contribution in [0.3, 0.4) is 0 Å². The lowest BCUT2D eigenvalue weighted by molar-refractivity contribution is -0.147. The maximum atomic E-state index is 14.8. The van der Waals surface area contributed by atoms with Crippen molar-refractivity contribution in [1.82, 2.24) is 30.2 Å². The van der Waals surface area contributed by atoms with Gasteiger partial charge in [0.25, 0.3) is 0 Å². The average Bonchev–Trinajstić information content (AvgIpc) is 3.55. The molecule has 3 N–H and O–H groups in total. The van der Waals surface area contributed by atoms with Crippen LogP contribution >= 0.6 is 0 Å². The Morgan fingerprint density at radius 3 is 1.44 bits per heavy atom. The van der Waals surface area contributed by atoms with E-state index in [1.165, 1.54) is 54.7 Å². The van der Waals surface area contributed by atoms with Crippen molar-refractivity contribution in [2.45, 2.75) is 237 Å². The molecule has 0 aromatic carbocycles. The van der Waals surface area contributed by atoms with Gasteiger partial charge in [0.05, 0.1) is 42.2 Å². The van der Waals surface area contributed by atoms with Crippen LogP contribution in [-0.4, -0.2) is 160 Å². The molecular formula is C64H110N6O12. The highest BCUT2D eigenvalue weighted by Gasteiger charge is 2.43. The highest BCUT2D eigenvalue weighted by molar-refractivity contribution is 5.99. The molecule has 1 fully saturated rings. The molecule has 0 aromatic heterocycles. The molecule has 1 aliphatic rings. The molecule has 1 saturated heterocycles. The summed E-state index contributed by atoms with van der Waals surface area (Å²) in [6.07, 6.45) is 1.93. The average molecular weight is 1160 g/mol. The van der Waals surface area contributed by atoms with Crippen LogP contribution in [-0.2, 0) is 52.7 Å². The Hall–Kier alpha value is -5.13. The number of rotatable bonds is 15. The quantitative estimate of drug-likeness (QED) is 0.133. The Morgan fingerprint density at radius 1 is 0.512 bits per heavy atom. The first-order chi connectivity index (χ1) is 37.9. The third kappa shape index (κ3) is 22.8. The molecule has 0 radical (unpaired) electrons. The first kappa shape index (κ1) is 74.9. The van der Waals surface area contributed by atoms with E-state index in [9.17, 15) is 57.8 Å². The molecule has 1 rings (SSSR count). The van der Waals surface area contributed by atoms with Crippen LogP contribution in [0.5, 0.6) is 0 Å². The smallest absolute Gasteiger partial charge is 0.245 e. The van der Waals surface area contributed by atoms with E-state index in [0.29, 0.717) is 6.42 Å². The number of hydrogen-bond acceptors (Lipinski definition) is 12. The van der Waals surface area contributed by atoms with Crippen molar-refractivity contribution < 1.29 is 57.8 Å². The van der Waals surface area contributed by atoms with Gasteiger partial charge in [-0.15, -0.1) is 0 Å². The van der Waals surface area contributed by atoms with Crippen LogP contribution in [0.2, 0.25) is 0 Å². The molecule has 1 aliphatic heterocycles. The van der Waals surface area contributed by atoms with Crippen LogP contribution < -0.4 is 10.6 Å². The maximum Gasteiger partial charge on any atom is 0.245 e. The summed E-state index contributed by atoms with van der Waals surface area (Å²) in [5, 5.41) is 17.4. The predicted octanol–water partition coefficient (Wildman–Crippen LogP) is 7.84. The normalized spacial score (nSPS) is 27.5. The van der Waals surface area contributed by atoms with Gasteiger partial charge in [-0.25, -0.2) is 0 Å². The number of carbonyl (C=O) groups is 11. The van der Waals surface area contributed by atoms with Crippen LogP contribution in [0.25, 0.3) is 0 Å². The number of allylic oxidation sites excluding steroid dienone is 2. The number of nitrogens with one attached hydrogen (secondary N) is 2. The van der Waals surface area contributed by atoms with E-state index in [-0.39, 0.29) is 111 Å². The Labute approximate surface area is 493 Å². The zero-order valence-corrected chi connectivity index (χ0v) is 54.3. The van der Waals surface area contributed by atoms with Crippen LogP contribution in [0.1, 0.15) is 195 Å². The van der Waals surface area contributed by atoms with Gasteiger partial charge < -0.3 is 35.3 Å². The molecule has 0 aliphatic carbocycles. The Kier molecular flexibility index (Phi) is 32.2. The van der Waals surface area contributed by atoms with Crippen molar-refractivity contribution in [2.75, 3.05) is 28.2 Å². The fraction of sp³-hybridized carbons (Fsp3) is 0.797. The van der Waals surface area contributed by atoms with Crippen molar-refractivity contribution in [2.24, 2.45) is 65.1 Å². The molecule has 18 heteroatoms. The lowest BCUT2D eigenvalue weighted by atomic mass is 9.82. The minimum Gasteiger partial charge on any atom is -0.392 e. The highest BCUT2D eigenvalue weighted by Crippen LogP contribution is 2.30. The van der Waals surface area contributed by atoms with E-state index >= 15 is 0 Å². The van der Waals surface area contributed by atoms with Gasteiger partial charge in [-0.1, -0.05) is 116 Å². The number of likely N-dealkylation sites (N-methyl/N-ethyl adjacent to an activating group) is 4. The van der Waals surface area contributed by atoms with Gasteiger partial charge in [0.1, 0.15) is 6.04 Å². The van der Waals surface area contributed by atoms with Crippen molar-refractivity contribution in [3.05, 3.63) is 12.2 Å². The number of ketones is 5. The van der Waals surface area contributed by atoms with Gasteiger partial charge >= 0.3 is 0 Å². The van der Waals surface area contributed by atoms with E-state index in [1.807, 2.05) is 88.3 Å². The molecule has 0 saturated carbocycles. The Morgan fingerprint density at radius 2 is 0.976 bits per heavy atom. The predicted molar refractivity (Wildman–Crippen MR) is 321 cm³/mol. The molecule has 0 aromatic rings. The summed E-state index contributed by atoms with van der Waals surface area (Å²) < 4.78 is 0. The number of aliphatic hydroxyl groups excluding tert-OH is 1. The zero-order valence-electron chi connectivity index (χ0n) is 54.3. The summed E-state index contributed by atoms with van der Waals surface area (Å²) in [4.78, 5) is 164. The van der Waals surface area contributed by atoms with Crippen molar-refractivity contribution in [3.63, 3.8) is 0 Å². The summed E-state index contributed by atoms with van der Waals surface area (Å²) in [5.74, 6) is -11.2. The monoisotopic (exact) mass is 1150 g/mol. The fourth-order valence-corrected chi connectivity index (χ4v) is 11.4. The second-order valence-corrected chi connectivity index (χ2v) is 26.3. The molecule has 0 unspecified atom stereocenters. The van der Waals surface area contributed by atoms with Gasteiger partial charge in [-0.05, 0) is 93.8 Å². The van der Waals surface area contributed by atoms with Crippen molar-refractivity contribution in [3.8, 4) is 0 Å². The van der Waals surface area contributed by atoms with E-state index in [0.717, 1.165) is 0 Å². The van der Waals surface area contributed by atoms with E-state index in [2.05, 4.69) is 10.6 Å². The molecule has 82 heavy (non-hydrogen) atoms. The molecule has 1 heterocycles. The van der Waals surface area contributed by atoms with Gasteiger partial charge in [-0.3, -0.25) is 52.7 Å². The molecule has 12 atom stereocenters. The molecule has 0 spiro atoms. The van der Waals surface area contributed by atoms with Crippen LogP contribution in [0.4, 0.5) is 0 Å². The van der Waals surface area contributed by atoms with Gasteiger partial charge in [0.2, 0.25) is 35.4 Å². The first-order valence-corrected chi connectivity index (χ1v) is 30.5. The second kappa shape index (κ2) is 35.2. The number of carbonyl (C=O) groups excluding carboxylic acids is 11. The topological polar surface area (TPSA) is 245 Å². The van der Waals surface area contributed by atoms with E-state index in [4.69, 9.17) is 0 Å². The Balaban J connectivity index is 4.16. The van der Waals surface area contributed by atoms with Crippen LogP contribution in [0.15, 0.2) is 12.2 Å². The van der Waals surface area contributed by atoms with Gasteiger partial charge in [0, 0.05) is 84.5 Å². The van der Waals surface area contributed by atoms with Gasteiger partial charge in [-0.2, -0.15) is 0 Å². The Bertz CT molecular complexity index is 2200. The number of aliphatic hydroxyl groups is 1. The third-order valence-electron chi connectivity index (χ3n) is 16.4. The third-order valence-corrected chi connectivity index (χ3v) is 16.4. The molecule has 6 amide bonds. The minimum absolute atomic E-state index is 0.0538. The lowest BCUT2D eigenvalue weighted by Crippen LogP contribution is -2.53. The number of Topliss-reactive ketones (excluding diaryl/α,β-unsaturated/α-hetero) is 5. The second-order valence-electron chi connectivity index (χ2n) is 26.3. The summed E-state index contributed by atoms with van der Waals surface area (Å²) >= 11 is 0. The number of amides is 6. The lowest BCUT2D eigenvalue weighted by Gasteiger charge is -2.36. The zero-order chi connectivity index (χ0) is 63.4. The summed E-state index contributed by atoms with van der Waals surface area (Å²) in [6.45, 7) is 30.7. The van der Waals surface area contributed by atoms with Gasteiger partial charge in [0.15, 0.2) is 28.9 Å². The fourth-order valence-electron chi connectivity index (χ4n) is 11.4. The molecule has 0 bridgehead atoms. The largest absolute Gasteiger partial charge is 0.392 e.